The Labute approximate surface area is 90.2 Å². The summed E-state index contributed by atoms with van der Waals surface area (Å²) < 4.78 is 0. The summed E-state index contributed by atoms with van der Waals surface area (Å²) in [6.45, 7) is 5.95. The van der Waals surface area contributed by atoms with Crippen LogP contribution in [0, 0.1) is 0 Å². The first-order valence-corrected chi connectivity index (χ1v) is 4.94. The average Bonchev–Trinajstić information content (AvgIpc) is 2.27. The van der Waals surface area contributed by atoms with Gasteiger partial charge in [-0.2, -0.15) is 0 Å². The van der Waals surface area contributed by atoms with Gasteiger partial charge in [0.25, 0.3) is 0 Å². The maximum atomic E-state index is 11.3. The van der Waals surface area contributed by atoms with Gasteiger partial charge in [-0.3, -0.25) is 0 Å². The minimum atomic E-state index is -0.175. The van der Waals surface area contributed by atoms with Crippen LogP contribution in [0.1, 0.15) is 18.5 Å². The summed E-state index contributed by atoms with van der Waals surface area (Å²) in [5.74, 6) is 0. The van der Waals surface area contributed by atoms with Gasteiger partial charge in [0.2, 0.25) is 0 Å². The van der Waals surface area contributed by atoms with Crippen LogP contribution in [0.3, 0.4) is 0 Å². The largest absolute Gasteiger partial charge is 0.335 e. The van der Waals surface area contributed by atoms with Gasteiger partial charge in [-0.15, -0.1) is 6.58 Å². The van der Waals surface area contributed by atoms with Gasteiger partial charge in [0, 0.05) is 6.54 Å². The highest BCUT2D eigenvalue weighted by molar-refractivity contribution is 5.74. The van der Waals surface area contributed by atoms with Crippen molar-refractivity contribution >= 4 is 6.03 Å². The number of benzene rings is 1. The third-order valence-electron chi connectivity index (χ3n) is 2.05. The zero-order valence-corrected chi connectivity index (χ0v) is 8.86. The first-order valence-electron chi connectivity index (χ1n) is 4.94. The quantitative estimate of drug-likeness (QED) is 0.725. The summed E-state index contributed by atoms with van der Waals surface area (Å²) in [5, 5.41) is 5.50. The van der Waals surface area contributed by atoms with E-state index in [0.717, 1.165) is 5.56 Å². The lowest BCUT2D eigenvalue weighted by Gasteiger charge is -2.14. The molecule has 3 heteroatoms. The molecule has 0 aliphatic rings. The molecule has 0 bridgehead atoms. The number of amides is 2. The monoisotopic (exact) mass is 204 g/mol. The van der Waals surface area contributed by atoms with Gasteiger partial charge in [0.05, 0.1) is 6.04 Å². The molecule has 0 radical (unpaired) electrons. The van der Waals surface area contributed by atoms with Gasteiger partial charge < -0.3 is 10.6 Å². The van der Waals surface area contributed by atoms with E-state index in [0.29, 0.717) is 6.54 Å². The number of urea groups is 1. The highest BCUT2D eigenvalue weighted by atomic mass is 16.2. The van der Waals surface area contributed by atoms with Gasteiger partial charge in [-0.25, -0.2) is 4.79 Å². The van der Waals surface area contributed by atoms with Crippen LogP contribution >= 0.6 is 0 Å². The van der Waals surface area contributed by atoms with Crippen molar-refractivity contribution in [2.45, 2.75) is 13.0 Å². The predicted molar refractivity (Wildman–Crippen MR) is 61.6 cm³/mol. The molecule has 0 saturated heterocycles. The van der Waals surface area contributed by atoms with Crippen LogP contribution in [0.25, 0.3) is 0 Å². The normalized spacial score (nSPS) is 11.5. The molecule has 1 atom stereocenters. The average molecular weight is 204 g/mol. The van der Waals surface area contributed by atoms with E-state index in [4.69, 9.17) is 0 Å². The van der Waals surface area contributed by atoms with Crippen LogP contribution in [-0.4, -0.2) is 12.6 Å². The van der Waals surface area contributed by atoms with Gasteiger partial charge in [-0.05, 0) is 12.5 Å². The van der Waals surface area contributed by atoms with E-state index in [9.17, 15) is 4.79 Å². The predicted octanol–water partition coefficient (Wildman–Crippen LogP) is 2.23. The van der Waals surface area contributed by atoms with E-state index in [-0.39, 0.29) is 12.1 Å². The van der Waals surface area contributed by atoms with Crippen molar-refractivity contribution in [2.24, 2.45) is 0 Å². The molecule has 0 aliphatic heterocycles. The van der Waals surface area contributed by atoms with Crippen molar-refractivity contribution in [3.05, 3.63) is 48.6 Å². The Morgan fingerprint density at radius 2 is 2.13 bits per heavy atom. The van der Waals surface area contributed by atoms with Crippen molar-refractivity contribution in [1.82, 2.24) is 10.6 Å². The number of carbonyl (C=O) groups excluding carboxylic acids is 1. The molecule has 2 amide bonds. The molecule has 2 N–H and O–H groups in total. The third kappa shape index (κ3) is 3.85. The van der Waals surface area contributed by atoms with Crippen LogP contribution in [0.2, 0.25) is 0 Å². The fraction of sp³-hybridized carbons (Fsp3) is 0.250. The van der Waals surface area contributed by atoms with Crippen molar-refractivity contribution in [2.75, 3.05) is 6.54 Å². The number of nitrogens with one attached hydrogen (secondary N) is 2. The lowest BCUT2D eigenvalue weighted by atomic mass is 10.1. The molecule has 0 unspecified atom stereocenters. The topological polar surface area (TPSA) is 41.1 Å². The summed E-state index contributed by atoms with van der Waals surface area (Å²) in [4.78, 5) is 11.3. The molecule has 0 aromatic heterocycles. The van der Waals surface area contributed by atoms with E-state index in [1.165, 1.54) is 0 Å². The molecular formula is C12H16N2O. The van der Waals surface area contributed by atoms with Crippen molar-refractivity contribution in [3.8, 4) is 0 Å². The van der Waals surface area contributed by atoms with Gasteiger partial charge in [0.15, 0.2) is 0 Å². The molecular weight excluding hydrogens is 188 g/mol. The first-order chi connectivity index (χ1) is 7.24. The van der Waals surface area contributed by atoms with Crippen molar-refractivity contribution in [3.63, 3.8) is 0 Å². The molecule has 15 heavy (non-hydrogen) atoms. The lowest BCUT2D eigenvalue weighted by molar-refractivity contribution is 0.239. The second-order valence-corrected chi connectivity index (χ2v) is 3.28. The molecule has 1 aromatic carbocycles. The van der Waals surface area contributed by atoms with E-state index in [1.54, 1.807) is 6.08 Å². The summed E-state index contributed by atoms with van der Waals surface area (Å²) in [6.07, 6.45) is 1.65. The molecule has 3 nitrogen and oxygen atoms in total. The lowest BCUT2D eigenvalue weighted by Crippen LogP contribution is -2.36. The number of hydrogen-bond acceptors (Lipinski definition) is 1. The van der Waals surface area contributed by atoms with Crippen LogP contribution in [-0.2, 0) is 0 Å². The Kier molecular flexibility index (Phi) is 4.41. The van der Waals surface area contributed by atoms with Crippen LogP contribution < -0.4 is 10.6 Å². The van der Waals surface area contributed by atoms with Crippen LogP contribution in [0.5, 0.6) is 0 Å². The molecule has 1 aromatic rings. The number of carbonyl (C=O) groups is 1. The Morgan fingerprint density at radius 3 is 2.73 bits per heavy atom. The Balaban J connectivity index is 2.45. The van der Waals surface area contributed by atoms with E-state index in [2.05, 4.69) is 17.2 Å². The van der Waals surface area contributed by atoms with Gasteiger partial charge in [0.1, 0.15) is 0 Å². The third-order valence-corrected chi connectivity index (χ3v) is 2.05. The Morgan fingerprint density at radius 1 is 1.47 bits per heavy atom. The van der Waals surface area contributed by atoms with Crippen molar-refractivity contribution < 1.29 is 4.79 Å². The van der Waals surface area contributed by atoms with Gasteiger partial charge in [-0.1, -0.05) is 36.4 Å². The Bertz CT molecular complexity index is 322. The molecule has 0 heterocycles. The number of rotatable bonds is 4. The second-order valence-electron chi connectivity index (χ2n) is 3.28. The molecule has 0 spiro atoms. The Hall–Kier alpha value is -1.77. The minimum Gasteiger partial charge on any atom is -0.335 e. The SMILES string of the molecule is C=CCNC(=O)N[C@H](C)c1ccccc1. The van der Waals surface area contributed by atoms with Crippen LogP contribution in [0.15, 0.2) is 43.0 Å². The summed E-state index contributed by atoms with van der Waals surface area (Å²) in [7, 11) is 0. The molecule has 1 rings (SSSR count). The zero-order valence-electron chi connectivity index (χ0n) is 8.86. The standard InChI is InChI=1S/C12H16N2O/c1-3-9-13-12(15)14-10(2)11-7-5-4-6-8-11/h3-8,10H,1,9H2,2H3,(H2,13,14,15)/t10-/m1/s1. The molecule has 0 fully saturated rings. The summed E-state index contributed by atoms with van der Waals surface area (Å²) in [6, 6.07) is 9.66. The zero-order chi connectivity index (χ0) is 11.1. The summed E-state index contributed by atoms with van der Waals surface area (Å²) in [5.41, 5.74) is 1.09. The second kappa shape index (κ2) is 5.86. The maximum absolute atomic E-state index is 11.3. The highest BCUT2D eigenvalue weighted by Crippen LogP contribution is 2.10. The maximum Gasteiger partial charge on any atom is 0.315 e. The minimum absolute atomic E-state index is 0.0102. The number of hydrogen-bond donors (Lipinski definition) is 2. The van der Waals surface area contributed by atoms with Gasteiger partial charge >= 0.3 is 6.03 Å². The molecule has 0 aliphatic carbocycles. The molecule has 80 valence electrons. The van der Waals surface area contributed by atoms with E-state index < -0.39 is 0 Å². The first kappa shape index (κ1) is 11.3. The molecule has 0 saturated carbocycles. The smallest absolute Gasteiger partial charge is 0.315 e. The summed E-state index contributed by atoms with van der Waals surface area (Å²) >= 11 is 0. The van der Waals surface area contributed by atoms with Crippen molar-refractivity contribution in [1.29, 1.82) is 0 Å². The fourth-order valence-corrected chi connectivity index (χ4v) is 1.24. The van der Waals surface area contributed by atoms with E-state index >= 15 is 0 Å². The fourth-order valence-electron chi connectivity index (χ4n) is 1.24. The van der Waals surface area contributed by atoms with Crippen LogP contribution in [0.4, 0.5) is 4.79 Å². The highest BCUT2D eigenvalue weighted by Gasteiger charge is 2.07. The van der Waals surface area contributed by atoms with E-state index in [1.807, 2.05) is 37.3 Å².